The molecule has 94 valence electrons. The van der Waals surface area contributed by atoms with Crippen molar-refractivity contribution in [2.75, 3.05) is 0 Å². The zero-order valence-corrected chi connectivity index (χ0v) is 9.87. The predicted octanol–water partition coefficient (Wildman–Crippen LogP) is 3.09. The van der Waals surface area contributed by atoms with Gasteiger partial charge >= 0.3 is 0 Å². The third-order valence-electron chi connectivity index (χ3n) is 3.48. The maximum Gasteiger partial charge on any atom is 0.128 e. The van der Waals surface area contributed by atoms with Gasteiger partial charge in [-0.1, -0.05) is 0 Å². The van der Waals surface area contributed by atoms with Crippen LogP contribution in [0.15, 0.2) is 30.5 Å². The van der Waals surface area contributed by atoms with Crippen molar-refractivity contribution in [2.45, 2.75) is 25.3 Å². The molecule has 1 unspecified atom stereocenters. The van der Waals surface area contributed by atoms with Gasteiger partial charge in [0, 0.05) is 24.0 Å². The van der Waals surface area contributed by atoms with Crippen molar-refractivity contribution in [1.82, 2.24) is 4.57 Å². The summed E-state index contributed by atoms with van der Waals surface area (Å²) in [6.45, 7) is 0. The number of nitrogens with zero attached hydrogens (tertiary/aromatic N) is 1. The lowest BCUT2D eigenvalue weighted by molar-refractivity contribution is 0.557. The minimum Gasteiger partial charge on any atom is -0.324 e. The Bertz CT molecular complexity index is 569. The molecule has 2 nitrogen and oxygen atoms in total. The smallest absolute Gasteiger partial charge is 0.128 e. The molecule has 0 amide bonds. The summed E-state index contributed by atoms with van der Waals surface area (Å²) in [7, 11) is 0. The molecular formula is C14H14F2N2. The molecule has 0 fully saturated rings. The minimum atomic E-state index is -0.562. The Hall–Kier alpha value is -1.68. The third-order valence-corrected chi connectivity index (χ3v) is 3.48. The second-order valence-corrected chi connectivity index (χ2v) is 4.71. The van der Waals surface area contributed by atoms with E-state index in [2.05, 4.69) is 0 Å². The molecule has 4 heteroatoms. The van der Waals surface area contributed by atoms with Gasteiger partial charge in [0.1, 0.15) is 11.6 Å². The Kier molecular flexibility index (Phi) is 2.67. The Morgan fingerprint density at radius 2 is 1.89 bits per heavy atom. The number of halogens is 2. The van der Waals surface area contributed by atoms with Crippen LogP contribution in [0.1, 0.15) is 30.1 Å². The highest BCUT2D eigenvalue weighted by Crippen LogP contribution is 2.30. The predicted molar refractivity (Wildman–Crippen MR) is 65.6 cm³/mol. The maximum absolute atomic E-state index is 13.3. The van der Waals surface area contributed by atoms with E-state index in [0.29, 0.717) is 5.69 Å². The first kappa shape index (κ1) is 11.4. The van der Waals surface area contributed by atoms with E-state index in [4.69, 9.17) is 5.73 Å². The summed E-state index contributed by atoms with van der Waals surface area (Å²) < 4.78 is 28.3. The van der Waals surface area contributed by atoms with E-state index in [9.17, 15) is 8.78 Å². The highest BCUT2D eigenvalue weighted by molar-refractivity contribution is 5.40. The number of nitrogens with two attached hydrogens (primary N) is 1. The van der Waals surface area contributed by atoms with Crippen molar-refractivity contribution in [3.63, 3.8) is 0 Å². The van der Waals surface area contributed by atoms with Crippen LogP contribution in [-0.2, 0) is 6.42 Å². The average Bonchev–Trinajstić information content (AvgIpc) is 2.73. The summed E-state index contributed by atoms with van der Waals surface area (Å²) in [5.41, 5.74) is 8.71. The molecule has 1 aliphatic carbocycles. The third kappa shape index (κ3) is 1.82. The molecule has 0 saturated heterocycles. The van der Waals surface area contributed by atoms with Gasteiger partial charge in [0.15, 0.2) is 0 Å². The van der Waals surface area contributed by atoms with Crippen LogP contribution in [0.3, 0.4) is 0 Å². The van der Waals surface area contributed by atoms with Gasteiger partial charge < -0.3 is 10.3 Å². The fourth-order valence-electron chi connectivity index (χ4n) is 2.65. The van der Waals surface area contributed by atoms with Crippen molar-refractivity contribution in [3.05, 3.63) is 53.4 Å². The van der Waals surface area contributed by atoms with Gasteiger partial charge in [-0.25, -0.2) is 8.78 Å². The molecule has 0 bridgehead atoms. The first-order valence-corrected chi connectivity index (χ1v) is 6.07. The molecule has 3 rings (SSSR count). The van der Waals surface area contributed by atoms with Gasteiger partial charge in [0.05, 0.1) is 5.69 Å². The van der Waals surface area contributed by atoms with Crippen molar-refractivity contribution >= 4 is 0 Å². The van der Waals surface area contributed by atoms with Gasteiger partial charge in [-0.2, -0.15) is 0 Å². The average molecular weight is 248 g/mol. The van der Waals surface area contributed by atoms with Crippen LogP contribution in [0.2, 0.25) is 0 Å². The number of fused-ring (bicyclic) bond motifs is 1. The van der Waals surface area contributed by atoms with E-state index in [1.807, 2.05) is 16.8 Å². The summed E-state index contributed by atoms with van der Waals surface area (Å²) >= 11 is 0. The molecular weight excluding hydrogens is 234 g/mol. The van der Waals surface area contributed by atoms with Gasteiger partial charge in [-0.3, -0.25) is 0 Å². The standard InChI is InChI=1S/C14H14F2N2/c15-9-6-10(16)8-11(7-9)18-5-4-12-13(17)2-1-3-14(12)18/h4-8,13H,1-3,17H2. The molecule has 1 heterocycles. The molecule has 1 aromatic heterocycles. The Labute approximate surface area is 104 Å². The summed E-state index contributed by atoms with van der Waals surface area (Å²) in [6, 6.07) is 5.54. The van der Waals surface area contributed by atoms with Crippen molar-refractivity contribution < 1.29 is 8.78 Å². The molecule has 2 N–H and O–H groups in total. The molecule has 1 aromatic carbocycles. The second kappa shape index (κ2) is 4.21. The lowest BCUT2D eigenvalue weighted by Gasteiger charge is -2.21. The van der Waals surface area contributed by atoms with E-state index in [0.717, 1.165) is 36.6 Å². The lowest BCUT2D eigenvalue weighted by atomic mass is 9.93. The van der Waals surface area contributed by atoms with Crippen LogP contribution in [0.25, 0.3) is 5.69 Å². The molecule has 0 spiro atoms. The molecule has 18 heavy (non-hydrogen) atoms. The van der Waals surface area contributed by atoms with Crippen molar-refractivity contribution in [2.24, 2.45) is 5.73 Å². The first-order valence-electron chi connectivity index (χ1n) is 6.07. The topological polar surface area (TPSA) is 30.9 Å². The largest absolute Gasteiger partial charge is 0.324 e. The summed E-state index contributed by atoms with van der Waals surface area (Å²) in [6.07, 6.45) is 4.71. The van der Waals surface area contributed by atoms with Gasteiger partial charge in [-0.05, 0) is 43.0 Å². The van der Waals surface area contributed by atoms with Crippen LogP contribution in [-0.4, -0.2) is 4.57 Å². The maximum atomic E-state index is 13.3. The van der Waals surface area contributed by atoms with Crippen molar-refractivity contribution in [3.8, 4) is 5.69 Å². The van der Waals surface area contributed by atoms with Gasteiger partial charge in [0.2, 0.25) is 0 Å². The highest BCUT2D eigenvalue weighted by Gasteiger charge is 2.20. The Morgan fingerprint density at radius 3 is 2.61 bits per heavy atom. The quantitative estimate of drug-likeness (QED) is 0.826. The van der Waals surface area contributed by atoms with Crippen molar-refractivity contribution in [1.29, 1.82) is 0 Å². The zero-order valence-electron chi connectivity index (χ0n) is 9.87. The number of aromatic nitrogens is 1. The summed E-state index contributed by atoms with van der Waals surface area (Å²) in [4.78, 5) is 0. The number of rotatable bonds is 1. The number of benzene rings is 1. The Balaban J connectivity index is 2.12. The highest BCUT2D eigenvalue weighted by atomic mass is 19.1. The van der Waals surface area contributed by atoms with Crippen LogP contribution in [0, 0.1) is 11.6 Å². The lowest BCUT2D eigenvalue weighted by Crippen LogP contribution is -2.17. The monoisotopic (exact) mass is 248 g/mol. The fraction of sp³-hybridized carbons (Fsp3) is 0.286. The van der Waals surface area contributed by atoms with E-state index < -0.39 is 11.6 Å². The molecule has 0 saturated carbocycles. The van der Waals surface area contributed by atoms with Crippen LogP contribution < -0.4 is 5.73 Å². The van der Waals surface area contributed by atoms with E-state index >= 15 is 0 Å². The van der Waals surface area contributed by atoms with Gasteiger partial charge in [0.25, 0.3) is 0 Å². The fourth-order valence-corrected chi connectivity index (χ4v) is 2.65. The van der Waals surface area contributed by atoms with E-state index in [1.54, 1.807) is 0 Å². The molecule has 0 radical (unpaired) electrons. The van der Waals surface area contributed by atoms with Crippen LogP contribution >= 0.6 is 0 Å². The molecule has 1 atom stereocenters. The zero-order chi connectivity index (χ0) is 12.7. The normalized spacial score (nSPS) is 18.7. The number of hydrogen-bond acceptors (Lipinski definition) is 1. The van der Waals surface area contributed by atoms with Crippen LogP contribution in [0.5, 0.6) is 0 Å². The molecule has 0 aliphatic heterocycles. The number of hydrogen-bond donors (Lipinski definition) is 1. The molecule has 2 aromatic rings. The second-order valence-electron chi connectivity index (χ2n) is 4.71. The summed E-state index contributed by atoms with van der Waals surface area (Å²) in [5, 5.41) is 0. The minimum absolute atomic E-state index is 0.0356. The van der Waals surface area contributed by atoms with Crippen LogP contribution in [0.4, 0.5) is 8.78 Å². The Morgan fingerprint density at radius 1 is 1.17 bits per heavy atom. The van der Waals surface area contributed by atoms with Gasteiger partial charge in [-0.15, -0.1) is 0 Å². The first-order chi connectivity index (χ1) is 8.65. The molecule has 1 aliphatic rings. The van der Waals surface area contributed by atoms with E-state index in [1.165, 1.54) is 12.1 Å². The SMILES string of the molecule is NC1CCCc2c1ccn2-c1cc(F)cc(F)c1. The van der Waals surface area contributed by atoms with E-state index in [-0.39, 0.29) is 6.04 Å². The summed E-state index contributed by atoms with van der Waals surface area (Å²) in [5.74, 6) is -1.12.